The van der Waals surface area contributed by atoms with Gasteiger partial charge in [0, 0.05) is 24.0 Å². The second-order valence-corrected chi connectivity index (χ2v) is 8.19. The van der Waals surface area contributed by atoms with Crippen LogP contribution >= 0.6 is 0 Å². The number of nitrogen functional groups attached to an aromatic ring is 1. The molecule has 1 aromatic heterocycles. The number of anilines is 3. The minimum atomic E-state index is -4.52. The lowest BCUT2D eigenvalue weighted by atomic mass is 10.0. The average Bonchev–Trinajstić information content (AvgIpc) is 2.81. The quantitative estimate of drug-likeness (QED) is 0.425. The van der Waals surface area contributed by atoms with E-state index in [1.54, 1.807) is 24.3 Å². The molecule has 1 saturated heterocycles. The molecule has 0 aliphatic carbocycles. The molecule has 2 heterocycles. The van der Waals surface area contributed by atoms with Crippen molar-refractivity contribution in [1.82, 2.24) is 14.9 Å². The maximum Gasteiger partial charge on any atom is 0.416 e. The van der Waals surface area contributed by atoms with Crippen molar-refractivity contribution in [1.29, 1.82) is 0 Å². The highest BCUT2D eigenvalue weighted by atomic mass is 19.4. The number of urea groups is 1. The number of aromatic nitrogens is 2. The number of nitrogens with zero attached hydrogens (tertiary/aromatic N) is 3. The van der Waals surface area contributed by atoms with Crippen molar-refractivity contribution in [3.8, 4) is 11.6 Å². The Labute approximate surface area is 200 Å². The molecule has 1 fully saturated rings. The first-order valence-electron chi connectivity index (χ1n) is 11.1. The molecule has 0 spiro atoms. The van der Waals surface area contributed by atoms with Gasteiger partial charge in [-0.15, -0.1) is 0 Å². The van der Waals surface area contributed by atoms with Gasteiger partial charge in [0.25, 0.3) is 0 Å². The largest absolute Gasteiger partial charge is 0.439 e. The predicted octanol–water partition coefficient (Wildman–Crippen LogP) is 5.50. The van der Waals surface area contributed by atoms with Crippen LogP contribution in [0.25, 0.3) is 0 Å². The van der Waals surface area contributed by atoms with Crippen molar-refractivity contribution in [2.45, 2.75) is 32.0 Å². The smallest absolute Gasteiger partial charge is 0.416 e. The Morgan fingerprint density at radius 2 is 1.66 bits per heavy atom. The van der Waals surface area contributed by atoms with Gasteiger partial charge < -0.3 is 21.1 Å². The molecule has 11 heteroatoms. The zero-order valence-corrected chi connectivity index (χ0v) is 18.8. The van der Waals surface area contributed by atoms with Crippen LogP contribution in [-0.4, -0.2) is 34.0 Å². The molecular weight excluding hydrogens is 461 g/mol. The van der Waals surface area contributed by atoms with Gasteiger partial charge in [0.2, 0.25) is 5.88 Å². The number of amides is 2. The van der Waals surface area contributed by atoms with Gasteiger partial charge in [0.1, 0.15) is 17.9 Å². The number of carbonyl (C=O) groups excluding carboxylic acids is 1. The SMILES string of the molecule is Nc1cc(Oc2ccc(NC(=O)Nc3ccc(CN4CCCCC4)c(C(F)(F)F)c3)cc2)ncn1. The fraction of sp³-hybridized carbons (Fsp3) is 0.292. The monoisotopic (exact) mass is 486 g/mol. The predicted molar refractivity (Wildman–Crippen MR) is 126 cm³/mol. The van der Waals surface area contributed by atoms with Gasteiger partial charge in [-0.3, -0.25) is 4.90 Å². The van der Waals surface area contributed by atoms with Crippen LogP contribution < -0.4 is 21.1 Å². The minimum Gasteiger partial charge on any atom is -0.439 e. The molecule has 0 saturated carbocycles. The summed E-state index contributed by atoms with van der Waals surface area (Å²) >= 11 is 0. The van der Waals surface area contributed by atoms with Crippen molar-refractivity contribution in [3.05, 3.63) is 66.0 Å². The fourth-order valence-electron chi connectivity index (χ4n) is 3.84. The number of alkyl halides is 3. The van der Waals surface area contributed by atoms with Crippen LogP contribution in [0.4, 0.5) is 35.2 Å². The first-order chi connectivity index (χ1) is 16.8. The Bertz CT molecular complexity index is 1160. The molecule has 184 valence electrons. The van der Waals surface area contributed by atoms with E-state index in [0.717, 1.165) is 38.4 Å². The molecule has 0 radical (unpaired) electrons. The zero-order chi connectivity index (χ0) is 24.8. The van der Waals surface area contributed by atoms with E-state index >= 15 is 0 Å². The summed E-state index contributed by atoms with van der Waals surface area (Å²) in [4.78, 5) is 22.1. The average molecular weight is 486 g/mol. The van der Waals surface area contributed by atoms with E-state index in [1.807, 2.05) is 4.90 Å². The number of piperidine rings is 1. The first kappa shape index (κ1) is 24.3. The van der Waals surface area contributed by atoms with Gasteiger partial charge in [0.15, 0.2) is 0 Å². The van der Waals surface area contributed by atoms with Gasteiger partial charge in [-0.1, -0.05) is 12.5 Å². The molecule has 0 bridgehead atoms. The van der Waals surface area contributed by atoms with Crippen molar-refractivity contribution in [2.75, 3.05) is 29.5 Å². The standard InChI is InChI=1S/C24H25F3N6O2/c25-24(26,27)20-12-18(5-4-16(20)14-33-10-2-1-3-11-33)32-23(34)31-17-6-8-19(9-7-17)35-22-13-21(28)29-15-30-22/h4-9,12-13,15H,1-3,10-11,14H2,(H2,28,29,30)(H2,31,32,34). The second-order valence-electron chi connectivity index (χ2n) is 8.19. The molecule has 8 nitrogen and oxygen atoms in total. The Hall–Kier alpha value is -3.86. The minimum absolute atomic E-state index is 0.0542. The Morgan fingerprint density at radius 3 is 2.34 bits per heavy atom. The summed E-state index contributed by atoms with van der Waals surface area (Å²) in [6.45, 7) is 1.81. The molecule has 2 aromatic carbocycles. The number of carbonyl (C=O) groups is 1. The van der Waals surface area contributed by atoms with Crippen LogP contribution in [0.1, 0.15) is 30.4 Å². The van der Waals surface area contributed by atoms with Gasteiger partial charge in [-0.2, -0.15) is 13.2 Å². The summed E-state index contributed by atoms with van der Waals surface area (Å²) in [5, 5.41) is 5.06. The molecule has 4 rings (SSSR count). The lowest BCUT2D eigenvalue weighted by Gasteiger charge is -2.27. The van der Waals surface area contributed by atoms with Crippen LogP contribution in [0.15, 0.2) is 54.9 Å². The van der Waals surface area contributed by atoms with Crippen LogP contribution in [-0.2, 0) is 12.7 Å². The van der Waals surface area contributed by atoms with E-state index in [9.17, 15) is 18.0 Å². The molecule has 3 aromatic rings. The van der Waals surface area contributed by atoms with Crippen molar-refractivity contribution < 1.29 is 22.7 Å². The fourth-order valence-corrected chi connectivity index (χ4v) is 3.84. The summed E-state index contributed by atoms with van der Waals surface area (Å²) in [5.74, 6) is 0.978. The third-order valence-corrected chi connectivity index (χ3v) is 5.51. The molecular formula is C24H25F3N6O2. The van der Waals surface area contributed by atoms with Gasteiger partial charge >= 0.3 is 12.2 Å². The normalized spacial score (nSPS) is 14.4. The van der Waals surface area contributed by atoms with E-state index in [-0.39, 0.29) is 29.5 Å². The lowest BCUT2D eigenvalue weighted by Crippen LogP contribution is -2.30. The number of benzene rings is 2. The van der Waals surface area contributed by atoms with E-state index in [1.165, 1.54) is 24.5 Å². The third kappa shape index (κ3) is 6.82. The summed E-state index contributed by atoms with van der Waals surface area (Å²) < 4.78 is 46.7. The third-order valence-electron chi connectivity index (χ3n) is 5.51. The molecule has 35 heavy (non-hydrogen) atoms. The molecule has 0 atom stereocenters. The van der Waals surface area contributed by atoms with E-state index in [2.05, 4.69) is 20.6 Å². The molecule has 1 aliphatic rings. The molecule has 1 aliphatic heterocycles. The number of likely N-dealkylation sites (tertiary alicyclic amines) is 1. The van der Waals surface area contributed by atoms with E-state index in [0.29, 0.717) is 11.4 Å². The first-order valence-corrected chi connectivity index (χ1v) is 11.1. The molecule has 2 amide bonds. The van der Waals surface area contributed by atoms with Crippen LogP contribution in [0.3, 0.4) is 0 Å². The highest BCUT2D eigenvalue weighted by Gasteiger charge is 2.34. The van der Waals surface area contributed by atoms with Crippen LogP contribution in [0, 0.1) is 0 Å². The highest BCUT2D eigenvalue weighted by Crippen LogP contribution is 2.35. The van der Waals surface area contributed by atoms with Crippen molar-refractivity contribution in [3.63, 3.8) is 0 Å². The lowest BCUT2D eigenvalue weighted by molar-refractivity contribution is -0.138. The maximum atomic E-state index is 13.7. The van der Waals surface area contributed by atoms with Gasteiger partial charge in [-0.25, -0.2) is 14.8 Å². The second kappa shape index (κ2) is 10.6. The van der Waals surface area contributed by atoms with Crippen LogP contribution in [0.2, 0.25) is 0 Å². The molecule has 4 N–H and O–H groups in total. The molecule has 0 unspecified atom stereocenters. The zero-order valence-electron chi connectivity index (χ0n) is 18.8. The highest BCUT2D eigenvalue weighted by molar-refractivity contribution is 5.99. The van der Waals surface area contributed by atoms with Crippen LogP contribution in [0.5, 0.6) is 11.6 Å². The topological polar surface area (TPSA) is 105 Å². The number of nitrogens with two attached hydrogens (primary N) is 1. The van der Waals surface area contributed by atoms with Gasteiger partial charge in [-0.05, 0) is 67.9 Å². The number of hydrogen-bond donors (Lipinski definition) is 3. The van der Waals surface area contributed by atoms with E-state index < -0.39 is 17.8 Å². The van der Waals surface area contributed by atoms with Crippen molar-refractivity contribution >= 4 is 23.2 Å². The maximum absolute atomic E-state index is 13.7. The van der Waals surface area contributed by atoms with Crippen molar-refractivity contribution in [2.24, 2.45) is 0 Å². The van der Waals surface area contributed by atoms with Gasteiger partial charge in [0.05, 0.1) is 5.56 Å². The number of rotatable bonds is 6. The summed E-state index contributed by atoms with van der Waals surface area (Å²) in [5.41, 5.74) is 5.53. The number of hydrogen-bond acceptors (Lipinski definition) is 6. The summed E-state index contributed by atoms with van der Waals surface area (Å²) in [7, 11) is 0. The number of nitrogens with one attached hydrogen (secondary N) is 2. The number of halogens is 3. The summed E-state index contributed by atoms with van der Waals surface area (Å²) in [6.07, 6.45) is -0.167. The number of ether oxygens (including phenoxy) is 1. The Morgan fingerprint density at radius 1 is 0.971 bits per heavy atom. The summed E-state index contributed by atoms with van der Waals surface area (Å²) in [6, 6.07) is 11.1. The Balaban J connectivity index is 1.39. The van der Waals surface area contributed by atoms with E-state index in [4.69, 9.17) is 10.5 Å². The Kier molecular flexibility index (Phi) is 7.35.